The third kappa shape index (κ3) is 3.09. The smallest absolute Gasteiger partial charge is 0.340 e. The molecule has 1 rings (SSSR count). The Labute approximate surface area is 111 Å². The van der Waals surface area contributed by atoms with Crippen LogP contribution in [-0.4, -0.2) is 24.4 Å². The van der Waals surface area contributed by atoms with E-state index < -0.39 is 11.4 Å². The number of alkyl halides is 1. The lowest BCUT2D eigenvalue weighted by Crippen LogP contribution is -2.28. The number of carbonyl (C=O) groups excluding carboxylic acids is 2. The van der Waals surface area contributed by atoms with Crippen molar-refractivity contribution in [2.45, 2.75) is 13.8 Å². The van der Waals surface area contributed by atoms with Gasteiger partial charge in [-0.15, -0.1) is 11.6 Å². The van der Waals surface area contributed by atoms with Gasteiger partial charge in [0.2, 0.25) is 0 Å². The molecule has 1 aromatic rings. The number of rotatable bonds is 5. The number of nitrogens with two attached hydrogens (primary N) is 1. The van der Waals surface area contributed by atoms with Gasteiger partial charge in [-0.2, -0.15) is 0 Å². The van der Waals surface area contributed by atoms with Crippen LogP contribution in [0.5, 0.6) is 0 Å². The van der Waals surface area contributed by atoms with E-state index in [-0.39, 0.29) is 24.0 Å². The van der Waals surface area contributed by atoms with Crippen LogP contribution in [0.4, 0.5) is 0 Å². The number of hydrogen-bond donors (Lipinski definition) is 1. The predicted molar refractivity (Wildman–Crippen MR) is 69.7 cm³/mol. The molecule has 18 heavy (non-hydrogen) atoms. The first-order chi connectivity index (χ1) is 8.44. The highest BCUT2D eigenvalue weighted by Gasteiger charge is 2.30. The molecule has 0 aromatic heterocycles. The zero-order valence-electron chi connectivity index (χ0n) is 10.4. The summed E-state index contributed by atoms with van der Waals surface area (Å²) in [5.74, 6) is -0.625. The van der Waals surface area contributed by atoms with Gasteiger partial charge in [-0.05, 0) is 6.07 Å². The standard InChI is InChI=1S/C13H16ClNO3/c1-13(2,7-14)11(16)9-5-3-4-6-10(9)12(17)18-8-15/h3-6H,7-8,15H2,1-2H3. The molecule has 0 aliphatic heterocycles. The number of ether oxygens (including phenoxy) is 1. The summed E-state index contributed by atoms with van der Waals surface area (Å²) in [5.41, 5.74) is 4.94. The molecule has 0 fully saturated rings. The molecule has 2 N–H and O–H groups in total. The topological polar surface area (TPSA) is 69.4 Å². The van der Waals surface area contributed by atoms with Crippen molar-refractivity contribution >= 4 is 23.4 Å². The van der Waals surface area contributed by atoms with Gasteiger partial charge in [0.15, 0.2) is 5.78 Å². The molecule has 5 heteroatoms. The quantitative estimate of drug-likeness (QED) is 0.385. The normalized spacial score (nSPS) is 11.1. The monoisotopic (exact) mass is 269 g/mol. The van der Waals surface area contributed by atoms with E-state index in [1.54, 1.807) is 32.0 Å². The molecule has 0 aliphatic rings. The van der Waals surface area contributed by atoms with Crippen molar-refractivity contribution in [3.05, 3.63) is 35.4 Å². The molecule has 1 aromatic carbocycles. The number of Topliss-reactive ketones (excluding diaryl/α,β-unsaturated/α-hetero) is 1. The van der Waals surface area contributed by atoms with E-state index in [2.05, 4.69) is 0 Å². The Morgan fingerprint density at radius 3 is 2.33 bits per heavy atom. The van der Waals surface area contributed by atoms with Gasteiger partial charge in [-0.25, -0.2) is 4.79 Å². The van der Waals surface area contributed by atoms with Crippen LogP contribution in [0.2, 0.25) is 0 Å². The maximum absolute atomic E-state index is 12.3. The van der Waals surface area contributed by atoms with Gasteiger partial charge in [-0.1, -0.05) is 32.0 Å². The van der Waals surface area contributed by atoms with Gasteiger partial charge in [0.05, 0.1) is 5.56 Å². The fourth-order valence-electron chi connectivity index (χ4n) is 1.44. The van der Waals surface area contributed by atoms with Crippen molar-refractivity contribution in [2.24, 2.45) is 11.1 Å². The van der Waals surface area contributed by atoms with Crippen LogP contribution in [0.3, 0.4) is 0 Å². The second kappa shape index (κ2) is 5.98. The van der Waals surface area contributed by atoms with E-state index in [9.17, 15) is 9.59 Å². The fourth-order valence-corrected chi connectivity index (χ4v) is 1.56. The molecule has 0 atom stereocenters. The predicted octanol–water partition coefficient (Wildman–Crippen LogP) is 2.21. The number of halogens is 1. The van der Waals surface area contributed by atoms with E-state index in [0.717, 1.165) is 0 Å². The van der Waals surface area contributed by atoms with Crippen molar-refractivity contribution in [1.29, 1.82) is 0 Å². The van der Waals surface area contributed by atoms with Crippen LogP contribution in [0.15, 0.2) is 24.3 Å². The summed E-state index contributed by atoms with van der Waals surface area (Å²) in [6.07, 6.45) is 0. The Balaban J connectivity index is 3.17. The Hall–Kier alpha value is -1.39. The van der Waals surface area contributed by atoms with Gasteiger partial charge in [0.1, 0.15) is 6.73 Å². The number of esters is 1. The molecule has 98 valence electrons. The van der Waals surface area contributed by atoms with Crippen LogP contribution in [0.25, 0.3) is 0 Å². The molecule has 0 saturated heterocycles. The second-order valence-electron chi connectivity index (χ2n) is 4.49. The maximum atomic E-state index is 12.3. The van der Waals surface area contributed by atoms with E-state index in [1.165, 1.54) is 6.07 Å². The minimum atomic E-state index is -0.735. The highest BCUT2D eigenvalue weighted by atomic mass is 35.5. The first-order valence-electron chi connectivity index (χ1n) is 5.51. The van der Waals surface area contributed by atoms with Gasteiger partial charge >= 0.3 is 5.97 Å². The van der Waals surface area contributed by atoms with Crippen LogP contribution in [0, 0.1) is 5.41 Å². The number of carbonyl (C=O) groups is 2. The summed E-state index contributed by atoms with van der Waals surface area (Å²) < 4.78 is 4.72. The molecule has 0 aliphatic carbocycles. The minimum Gasteiger partial charge on any atom is -0.446 e. The highest BCUT2D eigenvalue weighted by Crippen LogP contribution is 2.25. The highest BCUT2D eigenvalue weighted by molar-refractivity contribution is 6.21. The van der Waals surface area contributed by atoms with Crippen molar-refractivity contribution in [2.75, 3.05) is 12.6 Å². The molecule has 0 heterocycles. The van der Waals surface area contributed by atoms with Crippen LogP contribution < -0.4 is 5.73 Å². The van der Waals surface area contributed by atoms with E-state index in [1.807, 2.05) is 0 Å². The summed E-state index contributed by atoms with van der Waals surface area (Å²) in [6.45, 7) is 3.24. The van der Waals surface area contributed by atoms with E-state index in [4.69, 9.17) is 22.1 Å². The average molecular weight is 270 g/mol. The van der Waals surface area contributed by atoms with Gasteiger partial charge in [-0.3, -0.25) is 10.5 Å². The third-order valence-electron chi connectivity index (χ3n) is 2.55. The zero-order valence-corrected chi connectivity index (χ0v) is 11.2. The summed E-state index contributed by atoms with van der Waals surface area (Å²) in [7, 11) is 0. The minimum absolute atomic E-state index is 0.173. The van der Waals surface area contributed by atoms with Crippen molar-refractivity contribution < 1.29 is 14.3 Å². The second-order valence-corrected chi connectivity index (χ2v) is 4.76. The molecule has 0 spiro atoms. The first-order valence-corrected chi connectivity index (χ1v) is 6.04. The lowest BCUT2D eigenvalue weighted by atomic mass is 9.84. The summed E-state index contributed by atoms with van der Waals surface area (Å²) >= 11 is 5.77. The number of ketones is 1. The Kier molecular flexibility index (Phi) is 4.87. The number of benzene rings is 1. The molecule has 0 amide bonds. The average Bonchev–Trinajstić information content (AvgIpc) is 2.38. The van der Waals surface area contributed by atoms with E-state index in [0.29, 0.717) is 5.56 Å². The molecule has 0 unspecified atom stereocenters. The Morgan fingerprint density at radius 1 is 1.28 bits per heavy atom. The summed E-state index contributed by atoms with van der Waals surface area (Å²) in [4.78, 5) is 24.0. The molecule has 4 nitrogen and oxygen atoms in total. The largest absolute Gasteiger partial charge is 0.446 e. The maximum Gasteiger partial charge on any atom is 0.340 e. The van der Waals surface area contributed by atoms with Gasteiger partial charge in [0.25, 0.3) is 0 Å². The van der Waals surface area contributed by atoms with E-state index >= 15 is 0 Å². The third-order valence-corrected chi connectivity index (χ3v) is 3.22. The van der Waals surface area contributed by atoms with Gasteiger partial charge < -0.3 is 4.74 Å². The molecular weight excluding hydrogens is 254 g/mol. The molecule has 0 bridgehead atoms. The van der Waals surface area contributed by atoms with Crippen molar-refractivity contribution in [3.63, 3.8) is 0 Å². The van der Waals surface area contributed by atoms with Crippen LogP contribution in [0.1, 0.15) is 34.6 Å². The van der Waals surface area contributed by atoms with Crippen molar-refractivity contribution in [1.82, 2.24) is 0 Å². The van der Waals surface area contributed by atoms with Crippen LogP contribution >= 0.6 is 11.6 Å². The summed E-state index contributed by atoms with van der Waals surface area (Å²) in [5, 5.41) is 0. The zero-order chi connectivity index (χ0) is 13.8. The lowest BCUT2D eigenvalue weighted by Gasteiger charge is -2.20. The molecule has 0 saturated carbocycles. The summed E-state index contributed by atoms with van der Waals surface area (Å²) in [6, 6.07) is 6.48. The van der Waals surface area contributed by atoms with Crippen LogP contribution in [-0.2, 0) is 4.74 Å². The Morgan fingerprint density at radius 2 is 1.83 bits per heavy atom. The van der Waals surface area contributed by atoms with Crippen molar-refractivity contribution in [3.8, 4) is 0 Å². The Bertz CT molecular complexity index is 457. The first kappa shape index (κ1) is 14.7. The fraction of sp³-hybridized carbons (Fsp3) is 0.385. The molecular formula is C13H16ClNO3. The lowest BCUT2D eigenvalue weighted by molar-refractivity contribution is 0.0510. The molecule has 0 radical (unpaired) electrons. The number of hydrogen-bond acceptors (Lipinski definition) is 4. The SMILES string of the molecule is CC(C)(CCl)C(=O)c1ccccc1C(=O)OCN. The van der Waals surface area contributed by atoms with Gasteiger partial charge in [0, 0.05) is 16.9 Å².